The fourth-order valence-electron chi connectivity index (χ4n) is 4.72. The molecule has 0 aliphatic carbocycles. The maximum Gasteiger partial charge on any atom is 0.256 e. The second-order valence-electron chi connectivity index (χ2n) is 7.67. The molecule has 0 radical (unpaired) electrons. The molecule has 0 spiro atoms. The van der Waals surface area contributed by atoms with E-state index in [1.165, 1.54) is 71.2 Å². The lowest BCUT2D eigenvalue weighted by Crippen LogP contribution is -2.16. The summed E-state index contributed by atoms with van der Waals surface area (Å²) in [4.78, 5) is 1.58. The highest BCUT2D eigenvalue weighted by molar-refractivity contribution is 7.97. The number of benzene rings is 2. The molecule has 3 heteroatoms. The minimum absolute atomic E-state index is 0.483. The Morgan fingerprint density at radius 1 is 0.846 bits per heavy atom. The van der Waals surface area contributed by atoms with Crippen molar-refractivity contribution in [2.24, 2.45) is 0 Å². The van der Waals surface area contributed by atoms with Crippen molar-refractivity contribution in [1.82, 2.24) is 4.57 Å². The van der Waals surface area contributed by atoms with Crippen molar-refractivity contribution in [3.8, 4) is 5.75 Å². The number of aromatic nitrogens is 1. The monoisotopic (exact) mass is 367 g/mol. The average Bonchev–Trinajstić information content (AvgIpc) is 3.34. The molecular weight excluding hydrogens is 338 g/mol. The SMILES string of the molecule is CCn1c2ccc([O+]3CCCCC3)cc2c2cc([S+]3CCCC3)ccc21. The third-order valence-electron chi connectivity index (χ3n) is 6.10. The van der Waals surface area contributed by atoms with Crippen LogP contribution in [0.4, 0.5) is 0 Å². The van der Waals surface area contributed by atoms with Crippen LogP contribution in [0, 0.1) is 0 Å². The predicted octanol–water partition coefficient (Wildman–Crippen LogP) is 6.03. The Kier molecular flexibility index (Phi) is 4.36. The van der Waals surface area contributed by atoms with Crippen molar-refractivity contribution in [2.75, 3.05) is 24.7 Å². The molecule has 3 aromatic rings. The van der Waals surface area contributed by atoms with Crippen LogP contribution < -0.4 is 0 Å². The minimum atomic E-state index is 0.483. The van der Waals surface area contributed by atoms with Crippen LogP contribution >= 0.6 is 0 Å². The van der Waals surface area contributed by atoms with Gasteiger partial charge in [-0.2, -0.15) is 0 Å². The van der Waals surface area contributed by atoms with Crippen LogP contribution in [0.25, 0.3) is 21.8 Å². The molecule has 136 valence electrons. The lowest BCUT2D eigenvalue weighted by atomic mass is 10.1. The van der Waals surface area contributed by atoms with E-state index < -0.39 is 0 Å². The maximum atomic E-state index is 3.48. The number of aryl methyl sites for hydroxylation is 1. The van der Waals surface area contributed by atoms with E-state index in [2.05, 4.69) is 52.3 Å². The fraction of sp³-hybridized carbons (Fsp3) is 0.478. The molecule has 0 unspecified atom stereocenters. The van der Waals surface area contributed by atoms with Crippen LogP contribution in [0.5, 0.6) is 5.75 Å². The Bertz CT molecular complexity index is 932. The van der Waals surface area contributed by atoms with Gasteiger partial charge in [-0.1, -0.05) is 0 Å². The first kappa shape index (κ1) is 16.6. The fourth-order valence-corrected chi connectivity index (χ4v) is 7.05. The molecular formula is C23H29NOS+2. The van der Waals surface area contributed by atoms with E-state index in [4.69, 9.17) is 0 Å². The van der Waals surface area contributed by atoms with Gasteiger partial charge in [0.15, 0.2) is 18.1 Å². The van der Waals surface area contributed by atoms with E-state index in [-0.39, 0.29) is 0 Å². The van der Waals surface area contributed by atoms with Gasteiger partial charge >= 0.3 is 0 Å². The van der Waals surface area contributed by atoms with E-state index >= 15 is 0 Å². The van der Waals surface area contributed by atoms with E-state index in [0.717, 1.165) is 19.8 Å². The first-order chi connectivity index (χ1) is 12.8. The molecule has 3 heterocycles. The minimum Gasteiger partial charge on any atom is -0.572 e. The van der Waals surface area contributed by atoms with Crippen molar-refractivity contribution < 1.29 is 4.37 Å². The maximum absolute atomic E-state index is 3.48. The summed E-state index contributed by atoms with van der Waals surface area (Å²) in [6.45, 7) is 5.55. The number of fused-ring (bicyclic) bond motifs is 3. The molecule has 0 saturated carbocycles. The molecule has 2 nitrogen and oxygen atoms in total. The topological polar surface area (TPSA) is 7.63 Å². The first-order valence-corrected chi connectivity index (χ1v) is 11.8. The van der Waals surface area contributed by atoms with Gasteiger partial charge in [-0.15, -0.1) is 0 Å². The summed E-state index contributed by atoms with van der Waals surface area (Å²) >= 11 is 0. The normalized spacial score (nSPS) is 19.0. The highest BCUT2D eigenvalue weighted by Crippen LogP contribution is 2.37. The highest BCUT2D eigenvalue weighted by atomic mass is 32.2. The molecule has 0 atom stereocenters. The third kappa shape index (κ3) is 2.72. The van der Waals surface area contributed by atoms with Gasteiger partial charge < -0.3 is 8.93 Å². The quantitative estimate of drug-likeness (QED) is 0.499. The van der Waals surface area contributed by atoms with Crippen LogP contribution in [-0.4, -0.2) is 29.3 Å². The van der Waals surface area contributed by atoms with Gasteiger partial charge in [0.2, 0.25) is 0 Å². The largest absolute Gasteiger partial charge is 0.572 e. The van der Waals surface area contributed by atoms with E-state index in [9.17, 15) is 0 Å². The Hall–Kier alpha value is -1.61. The van der Waals surface area contributed by atoms with Gasteiger partial charge in [-0.3, -0.25) is 0 Å². The molecule has 2 fully saturated rings. The second-order valence-corrected chi connectivity index (χ2v) is 9.95. The van der Waals surface area contributed by atoms with E-state index in [1.54, 1.807) is 4.90 Å². The summed E-state index contributed by atoms with van der Waals surface area (Å²) in [7, 11) is 0.483. The van der Waals surface area contributed by atoms with Gasteiger partial charge in [-0.25, -0.2) is 0 Å². The molecule has 5 rings (SSSR count). The number of hydrogen-bond donors (Lipinski definition) is 0. The number of rotatable bonds is 3. The molecule has 0 amide bonds. The standard InChI is InChI=1S/C23H29NOS/c1-2-24-22-10-8-18(25-12-4-3-5-13-25)16-20(22)21-17-19(9-11-23(21)24)26-14-6-7-15-26/h8-11,16-17H,2-7,12-15H2,1H3/q+2. The average molecular weight is 368 g/mol. The zero-order chi connectivity index (χ0) is 17.5. The van der Waals surface area contributed by atoms with E-state index in [1.807, 2.05) is 0 Å². The van der Waals surface area contributed by atoms with Gasteiger partial charge in [-0.05, 0) is 44.4 Å². The smallest absolute Gasteiger partial charge is 0.256 e. The second kappa shape index (κ2) is 6.84. The van der Waals surface area contributed by atoms with Gasteiger partial charge in [0.1, 0.15) is 11.5 Å². The molecule has 2 aliphatic rings. The van der Waals surface area contributed by atoms with Crippen LogP contribution in [0.2, 0.25) is 0 Å². The van der Waals surface area contributed by atoms with Crippen LogP contribution in [0.3, 0.4) is 0 Å². The summed E-state index contributed by atoms with van der Waals surface area (Å²) in [5.41, 5.74) is 2.78. The number of hydrogen-bond acceptors (Lipinski definition) is 0. The zero-order valence-corrected chi connectivity index (χ0v) is 16.6. The molecule has 2 aromatic carbocycles. The Balaban J connectivity index is 1.67. The van der Waals surface area contributed by atoms with Crippen molar-refractivity contribution in [2.45, 2.75) is 50.5 Å². The summed E-state index contributed by atoms with van der Waals surface area (Å²) < 4.78 is 5.97. The Morgan fingerprint density at radius 3 is 2.27 bits per heavy atom. The number of nitrogens with zero attached hydrogens (tertiary/aromatic N) is 1. The lowest BCUT2D eigenvalue weighted by molar-refractivity contribution is -0.0767. The van der Waals surface area contributed by atoms with Crippen LogP contribution in [0.15, 0.2) is 41.3 Å². The third-order valence-corrected chi connectivity index (χ3v) is 8.59. The zero-order valence-electron chi connectivity index (χ0n) is 15.8. The molecule has 26 heavy (non-hydrogen) atoms. The van der Waals surface area contributed by atoms with Crippen LogP contribution in [0.1, 0.15) is 39.0 Å². The van der Waals surface area contributed by atoms with Crippen LogP contribution in [-0.2, 0) is 21.8 Å². The molecule has 0 bridgehead atoms. The van der Waals surface area contributed by atoms with Crippen molar-refractivity contribution in [1.29, 1.82) is 0 Å². The Labute approximate surface area is 159 Å². The predicted molar refractivity (Wildman–Crippen MR) is 114 cm³/mol. The summed E-state index contributed by atoms with van der Waals surface area (Å²) in [5, 5.41) is 2.89. The summed E-state index contributed by atoms with van der Waals surface area (Å²) in [6, 6.07) is 14.4. The first-order valence-electron chi connectivity index (χ1n) is 10.3. The highest BCUT2D eigenvalue weighted by Gasteiger charge is 2.28. The molecule has 1 aromatic heterocycles. The summed E-state index contributed by atoms with van der Waals surface area (Å²) in [6.07, 6.45) is 6.78. The Morgan fingerprint density at radius 2 is 1.54 bits per heavy atom. The van der Waals surface area contributed by atoms with Gasteiger partial charge in [0.05, 0.1) is 0 Å². The van der Waals surface area contributed by atoms with Gasteiger partial charge in [0.25, 0.3) is 5.75 Å². The molecule has 2 saturated heterocycles. The summed E-state index contributed by atoms with van der Waals surface area (Å²) in [5.74, 6) is 4.13. The molecule has 2 aliphatic heterocycles. The van der Waals surface area contributed by atoms with Crippen molar-refractivity contribution in [3.63, 3.8) is 0 Å². The molecule has 0 N–H and O–H groups in total. The van der Waals surface area contributed by atoms with Crippen molar-refractivity contribution in [3.05, 3.63) is 36.4 Å². The van der Waals surface area contributed by atoms with E-state index in [0.29, 0.717) is 10.9 Å². The lowest BCUT2D eigenvalue weighted by Gasteiger charge is -2.28. The van der Waals surface area contributed by atoms with Crippen molar-refractivity contribution >= 4 is 32.7 Å². The van der Waals surface area contributed by atoms with Gasteiger partial charge in [0, 0.05) is 70.3 Å².